The molecule has 3 N–H and O–H groups in total. The minimum absolute atomic E-state index is 0.0683. The number of aliphatic hydroxyl groups excluding tert-OH is 2. The average Bonchev–Trinajstić information content (AvgIpc) is 2.41. The van der Waals surface area contributed by atoms with Crippen LogP contribution < -0.4 is 10.2 Å². The highest BCUT2D eigenvalue weighted by atomic mass is 16.3. The Morgan fingerprint density at radius 2 is 2.05 bits per heavy atom. The average molecular weight is 264 g/mol. The zero-order valence-corrected chi connectivity index (χ0v) is 11.2. The van der Waals surface area contributed by atoms with Crippen LogP contribution in [-0.4, -0.2) is 41.4 Å². The molecule has 1 heterocycles. The molecule has 2 unspecified atom stereocenters. The first-order valence-electron chi connectivity index (χ1n) is 6.50. The molecule has 0 aromatic heterocycles. The van der Waals surface area contributed by atoms with Crippen LogP contribution in [0.25, 0.3) is 0 Å². The predicted octanol–water partition coefficient (Wildman–Crippen LogP) is 0.823. The van der Waals surface area contributed by atoms with Gasteiger partial charge < -0.3 is 20.4 Å². The quantitative estimate of drug-likeness (QED) is 0.753. The SMILES string of the molecule is CC(C)C1Nc2ccccc2N(CC(O)CO)C1=O. The van der Waals surface area contributed by atoms with Crippen LogP contribution in [0, 0.1) is 5.92 Å². The molecule has 2 atom stereocenters. The molecule has 0 radical (unpaired) electrons. The molecule has 1 aliphatic heterocycles. The van der Waals surface area contributed by atoms with Crippen molar-refractivity contribution in [1.82, 2.24) is 0 Å². The first kappa shape index (κ1) is 13.8. The van der Waals surface area contributed by atoms with Crippen molar-refractivity contribution in [2.45, 2.75) is 26.0 Å². The van der Waals surface area contributed by atoms with E-state index in [2.05, 4.69) is 5.32 Å². The van der Waals surface area contributed by atoms with Gasteiger partial charge in [-0.2, -0.15) is 0 Å². The highest BCUT2D eigenvalue weighted by Gasteiger charge is 2.34. The number of hydrogen-bond donors (Lipinski definition) is 3. The lowest BCUT2D eigenvalue weighted by Gasteiger charge is -2.37. The molecule has 1 aromatic carbocycles. The molecular weight excluding hydrogens is 244 g/mol. The number of fused-ring (bicyclic) bond motifs is 1. The number of carbonyl (C=O) groups is 1. The fourth-order valence-electron chi connectivity index (χ4n) is 2.26. The molecule has 0 aliphatic carbocycles. The van der Waals surface area contributed by atoms with Crippen molar-refractivity contribution >= 4 is 17.3 Å². The van der Waals surface area contributed by atoms with Crippen molar-refractivity contribution in [2.24, 2.45) is 5.92 Å². The van der Waals surface area contributed by atoms with Crippen molar-refractivity contribution < 1.29 is 15.0 Å². The van der Waals surface area contributed by atoms with Crippen molar-refractivity contribution in [1.29, 1.82) is 0 Å². The summed E-state index contributed by atoms with van der Waals surface area (Å²) in [5.74, 6) is 0.0795. The monoisotopic (exact) mass is 264 g/mol. The van der Waals surface area contributed by atoms with Gasteiger partial charge in [-0.05, 0) is 18.1 Å². The maximum atomic E-state index is 12.5. The lowest BCUT2D eigenvalue weighted by molar-refractivity contribution is -0.120. The first-order chi connectivity index (χ1) is 9.04. The normalized spacial score (nSPS) is 20.2. The molecule has 1 aromatic rings. The molecule has 0 fully saturated rings. The largest absolute Gasteiger partial charge is 0.394 e. The van der Waals surface area contributed by atoms with Gasteiger partial charge in [0.05, 0.1) is 30.6 Å². The maximum absolute atomic E-state index is 12.5. The van der Waals surface area contributed by atoms with Gasteiger partial charge in [-0.1, -0.05) is 26.0 Å². The van der Waals surface area contributed by atoms with Crippen LogP contribution in [0.4, 0.5) is 11.4 Å². The molecule has 0 bridgehead atoms. The molecule has 19 heavy (non-hydrogen) atoms. The summed E-state index contributed by atoms with van der Waals surface area (Å²) in [7, 11) is 0. The molecule has 1 aliphatic rings. The van der Waals surface area contributed by atoms with Crippen LogP contribution in [0.15, 0.2) is 24.3 Å². The second kappa shape index (κ2) is 5.59. The van der Waals surface area contributed by atoms with E-state index in [0.29, 0.717) is 0 Å². The highest BCUT2D eigenvalue weighted by Crippen LogP contribution is 2.32. The number of amides is 1. The zero-order chi connectivity index (χ0) is 14.0. The second-order valence-corrected chi connectivity index (χ2v) is 5.17. The van der Waals surface area contributed by atoms with Gasteiger partial charge in [-0.15, -0.1) is 0 Å². The number of aliphatic hydroxyl groups is 2. The number of β-amino-alcohol motifs (C(OH)–C–C–N with tert-alkyl or cyclic N) is 1. The third-order valence-corrected chi connectivity index (χ3v) is 3.31. The molecule has 5 heteroatoms. The third-order valence-electron chi connectivity index (χ3n) is 3.31. The van der Waals surface area contributed by atoms with Crippen LogP contribution in [0.5, 0.6) is 0 Å². The lowest BCUT2D eigenvalue weighted by Crippen LogP contribution is -2.52. The summed E-state index contributed by atoms with van der Waals surface area (Å²) in [6.45, 7) is 3.71. The molecule has 104 valence electrons. The smallest absolute Gasteiger partial charge is 0.249 e. The van der Waals surface area contributed by atoms with Gasteiger partial charge in [0, 0.05) is 0 Å². The minimum atomic E-state index is -0.928. The van der Waals surface area contributed by atoms with E-state index in [1.165, 1.54) is 0 Å². The van der Waals surface area contributed by atoms with Gasteiger partial charge in [0.25, 0.3) is 0 Å². The number of para-hydroxylation sites is 2. The molecule has 0 spiro atoms. The van der Waals surface area contributed by atoms with Crippen LogP contribution in [0.2, 0.25) is 0 Å². The van der Waals surface area contributed by atoms with Crippen LogP contribution in [-0.2, 0) is 4.79 Å². The van der Waals surface area contributed by atoms with E-state index in [9.17, 15) is 9.90 Å². The van der Waals surface area contributed by atoms with Gasteiger partial charge in [-0.25, -0.2) is 0 Å². The Labute approximate surface area is 112 Å². The van der Waals surface area contributed by atoms with E-state index in [1.807, 2.05) is 38.1 Å². The fourth-order valence-corrected chi connectivity index (χ4v) is 2.26. The number of hydrogen-bond acceptors (Lipinski definition) is 4. The molecule has 5 nitrogen and oxygen atoms in total. The number of rotatable bonds is 4. The number of anilines is 2. The van der Waals surface area contributed by atoms with Gasteiger partial charge in [0.15, 0.2) is 0 Å². The first-order valence-corrected chi connectivity index (χ1v) is 6.50. The Morgan fingerprint density at radius 1 is 1.37 bits per heavy atom. The molecule has 1 amide bonds. The van der Waals surface area contributed by atoms with Crippen molar-refractivity contribution in [2.75, 3.05) is 23.4 Å². The van der Waals surface area contributed by atoms with E-state index in [-0.39, 0.29) is 31.0 Å². The van der Waals surface area contributed by atoms with Crippen molar-refractivity contribution in [3.63, 3.8) is 0 Å². The predicted molar refractivity (Wildman–Crippen MR) is 74.1 cm³/mol. The summed E-state index contributed by atoms with van der Waals surface area (Å²) in [5.41, 5.74) is 1.63. The third kappa shape index (κ3) is 2.72. The molecule has 2 rings (SSSR count). The molecule has 0 saturated heterocycles. The van der Waals surface area contributed by atoms with E-state index in [1.54, 1.807) is 4.90 Å². The Balaban J connectivity index is 2.35. The molecule has 0 saturated carbocycles. The lowest BCUT2D eigenvalue weighted by atomic mass is 9.98. The number of carbonyl (C=O) groups excluding carboxylic acids is 1. The van der Waals surface area contributed by atoms with Crippen LogP contribution >= 0.6 is 0 Å². The summed E-state index contributed by atoms with van der Waals surface area (Å²) in [6, 6.07) is 7.19. The van der Waals surface area contributed by atoms with E-state index < -0.39 is 6.10 Å². The number of nitrogens with zero attached hydrogens (tertiary/aromatic N) is 1. The summed E-state index contributed by atoms with van der Waals surface area (Å²) in [6.07, 6.45) is -0.928. The Kier molecular flexibility index (Phi) is 4.07. The van der Waals surface area contributed by atoms with E-state index >= 15 is 0 Å². The molecular formula is C14H20N2O3. The van der Waals surface area contributed by atoms with Crippen LogP contribution in [0.3, 0.4) is 0 Å². The highest BCUT2D eigenvalue weighted by molar-refractivity contribution is 6.05. The standard InChI is InChI=1S/C14H20N2O3/c1-9(2)13-14(19)16(7-10(18)8-17)12-6-4-3-5-11(12)15-13/h3-6,9-10,13,15,17-18H,7-8H2,1-2H3. The Morgan fingerprint density at radius 3 is 2.68 bits per heavy atom. The zero-order valence-electron chi connectivity index (χ0n) is 11.2. The van der Waals surface area contributed by atoms with Gasteiger partial charge in [0.1, 0.15) is 6.04 Å². The number of nitrogens with one attached hydrogen (secondary N) is 1. The Hall–Kier alpha value is -1.59. The van der Waals surface area contributed by atoms with E-state index in [0.717, 1.165) is 11.4 Å². The fraction of sp³-hybridized carbons (Fsp3) is 0.500. The number of benzene rings is 1. The van der Waals surface area contributed by atoms with E-state index in [4.69, 9.17) is 5.11 Å². The van der Waals surface area contributed by atoms with Gasteiger partial charge in [-0.3, -0.25) is 4.79 Å². The summed E-state index contributed by atoms with van der Waals surface area (Å²) < 4.78 is 0. The summed E-state index contributed by atoms with van der Waals surface area (Å²) in [4.78, 5) is 14.0. The summed E-state index contributed by atoms with van der Waals surface area (Å²) >= 11 is 0. The Bertz CT molecular complexity index is 462. The topological polar surface area (TPSA) is 72.8 Å². The summed E-state index contributed by atoms with van der Waals surface area (Å²) in [5, 5.41) is 21.8. The second-order valence-electron chi connectivity index (χ2n) is 5.17. The van der Waals surface area contributed by atoms with Gasteiger partial charge >= 0.3 is 0 Å². The van der Waals surface area contributed by atoms with Crippen molar-refractivity contribution in [3.8, 4) is 0 Å². The maximum Gasteiger partial charge on any atom is 0.249 e. The van der Waals surface area contributed by atoms with Gasteiger partial charge in [0.2, 0.25) is 5.91 Å². The van der Waals surface area contributed by atoms with Crippen LogP contribution in [0.1, 0.15) is 13.8 Å². The van der Waals surface area contributed by atoms with Crippen molar-refractivity contribution in [3.05, 3.63) is 24.3 Å². The minimum Gasteiger partial charge on any atom is -0.394 e.